The number of hydrogen-bond acceptors (Lipinski definition) is 3. The maximum absolute atomic E-state index is 10.6. The predicted molar refractivity (Wildman–Crippen MR) is 175 cm³/mol. The van der Waals surface area contributed by atoms with Gasteiger partial charge < -0.3 is 9.13 Å². The standard InChI is InChI=1S/C39H21N5/c40-22-25-17-18-38(43-34-13-5-1-9-29(34)30-10-2-6-14-35(30)43)33(19-25)26-20-27(23-41)39(28(21-26)24-42)44-36-15-7-3-11-31(36)32-12-4-8-16-37(32)44/h1-21H. The molecule has 0 N–H and O–H groups in total. The van der Waals surface area contributed by atoms with Gasteiger partial charge in [-0.05, 0) is 60.2 Å². The third-order valence-corrected chi connectivity index (χ3v) is 8.41. The van der Waals surface area contributed by atoms with E-state index in [0.717, 1.165) is 54.9 Å². The summed E-state index contributed by atoms with van der Waals surface area (Å²) in [5.41, 5.74) is 8.01. The smallest absolute Gasteiger partial charge is 0.101 e. The van der Waals surface area contributed by atoms with E-state index < -0.39 is 0 Å². The normalized spacial score (nSPS) is 11.1. The van der Waals surface area contributed by atoms with E-state index in [9.17, 15) is 15.8 Å². The van der Waals surface area contributed by atoms with Crippen LogP contribution in [0.2, 0.25) is 0 Å². The number of fused-ring (bicyclic) bond motifs is 6. The topological polar surface area (TPSA) is 81.2 Å². The van der Waals surface area contributed by atoms with E-state index in [-0.39, 0.29) is 0 Å². The Balaban J connectivity index is 1.45. The molecular formula is C39H21N5. The Morgan fingerprint density at radius 3 is 1.30 bits per heavy atom. The summed E-state index contributed by atoms with van der Waals surface area (Å²) in [7, 11) is 0. The lowest BCUT2D eigenvalue weighted by atomic mass is 9.95. The Morgan fingerprint density at radius 2 is 0.864 bits per heavy atom. The van der Waals surface area contributed by atoms with Crippen LogP contribution in [0, 0.1) is 34.0 Å². The Morgan fingerprint density at radius 1 is 0.432 bits per heavy atom. The number of para-hydroxylation sites is 4. The van der Waals surface area contributed by atoms with Crippen molar-refractivity contribution in [1.82, 2.24) is 9.13 Å². The van der Waals surface area contributed by atoms with Crippen LogP contribution >= 0.6 is 0 Å². The van der Waals surface area contributed by atoms with Crippen LogP contribution < -0.4 is 0 Å². The Kier molecular flexibility index (Phi) is 5.56. The molecule has 0 saturated carbocycles. The van der Waals surface area contributed by atoms with Crippen molar-refractivity contribution < 1.29 is 0 Å². The van der Waals surface area contributed by atoms with Crippen LogP contribution in [0.15, 0.2) is 127 Å². The summed E-state index contributed by atoms with van der Waals surface area (Å²) < 4.78 is 4.21. The van der Waals surface area contributed by atoms with Crippen LogP contribution in [0.25, 0.3) is 66.1 Å². The molecule has 0 atom stereocenters. The molecule has 0 amide bonds. The Labute approximate surface area is 252 Å². The lowest BCUT2D eigenvalue weighted by molar-refractivity contribution is 1.15. The van der Waals surface area contributed by atoms with Gasteiger partial charge >= 0.3 is 0 Å². The first-order valence-corrected chi connectivity index (χ1v) is 14.2. The number of hydrogen-bond donors (Lipinski definition) is 0. The average Bonchev–Trinajstić information content (AvgIpc) is 3.60. The minimum atomic E-state index is 0.376. The van der Waals surface area contributed by atoms with E-state index in [1.807, 2.05) is 95.6 Å². The van der Waals surface area contributed by atoms with Gasteiger partial charge in [0.2, 0.25) is 0 Å². The molecule has 2 aromatic heterocycles. The predicted octanol–water partition coefficient (Wildman–Crippen LogP) is 9.16. The molecule has 0 fully saturated rings. The molecule has 44 heavy (non-hydrogen) atoms. The van der Waals surface area contributed by atoms with Gasteiger partial charge in [0.1, 0.15) is 12.1 Å². The SMILES string of the molecule is N#Cc1ccc(-n2c3ccccc3c3ccccc32)c(-c2cc(C#N)c(-n3c4ccccc4c4ccccc43)c(C#N)c2)c1. The molecule has 5 nitrogen and oxygen atoms in total. The third kappa shape index (κ3) is 3.56. The van der Waals surface area contributed by atoms with E-state index >= 15 is 0 Å². The van der Waals surface area contributed by atoms with Gasteiger partial charge in [-0.25, -0.2) is 0 Å². The van der Waals surface area contributed by atoms with Gasteiger partial charge in [-0.2, -0.15) is 15.8 Å². The first-order chi connectivity index (χ1) is 21.7. The van der Waals surface area contributed by atoms with E-state index in [4.69, 9.17) is 0 Å². The molecule has 0 radical (unpaired) electrons. The van der Waals surface area contributed by atoms with Gasteiger partial charge in [0.15, 0.2) is 0 Å². The number of nitrogens with zero attached hydrogens (tertiary/aromatic N) is 5. The summed E-state index contributed by atoms with van der Waals surface area (Å²) >= 11 is 0. The zero-order valence-electron chi connectivity index (χ0n) is 23.4. The maximum atomic E-state index is 10.6. The second-order valence-corrected chi connectivity index (χ2v) is 10.7. The zero-order chi connectivity index (χ0) is 29.8. The quantitative estimate of drug-likeness (QED) is 0.216. The lowest BCUT2D eigenvalue weighted by Gasteiger charge is -2.17. The molecule has 0 aliphatic rings. The van der Waals surface area contributed by atoms with Gasteiger partial charge in [-0.1, -0.05) is 72.8 Å². The van der Waals surface area contributed by atoms with Crippen LogP contribution in [-0.4, -0.2) is 9.13 Å². The average molecular weight is 560 g/mol. The number of rotatable bonds is 3. The van der Waals surface area contributed by atoms with Crippen LogP contribution in [0.5, 0.6) is 0 Å². The van der Waals surface area contributed by atoms with Crippen molar-refractivity contribution in [3.8, 4) is 40.7 Å². The highest BCUT2D eigenvalue weighted by Gasteiger charge is 2.22. The van der Waals surface area contributed by atoms with Crippen LogP contribution in [-0.2, 0) is 0 Å². The first kappa shape index (κ1) is 25.1. The Hall–Kier alpha value is -6.61. The molecule has 202 valence electrons. The van der Waals surface area contributed by atoms with Gasteiger partial charge in [0.25, 0.3) is 0 Å². The minimum Gasteiger partial charge on any atom is -0.309 e. The molecule has 8 rings (SSSR count). The van der Waals surface area contributed by atoms with Crippen LogP contribution in [0.4, 0.5) is 0 Å². The van der Waals surface area contributed by atoms with Gasteiger partial charge in [0, 0.05) is 27.1 Å². The van der Waals surface area contributed by atoms with Crippen molar-refractivity contribution in [2.45, 2.75) is 0 Å². The summed E-state index contributed by atoms with van der Waals surface area (Å²) in [6, 6.07) is 48.9. The van der Waals surface area contributed by atoms with E-state index in [1.54, 1.807) is 0 Å². The highest BCUT2D eigenvalue weighted by atomic mass is 15.0. The van der Waals surface area contributed by atoms with Gasteiger partial charge in [0.05, 0.1) is 56.2 Å². The van der Waals surface area contributed by atoms with Gasteiger partial charge in [-0.3, -0.25) is 0 Å². The van der Waals surface area contributed by atoms with Gasteiger partial charge in [-0.15, -0.1) is 0 Å². The van der Waals surface area contributed by atoms with Crippen LogP contribution in [0.1, 0.15) is 16.7 Å². The Bertz CT molecular complexity index is 2450. The summed E-state index contributed by atoms with van der Waals surface area (Å²) in [5, 5.41) is 35.3. The van der Waals surface area contributed by atoms with E-state index in [1.165, 1.54) is 0 Å². The molecule has 0 spiro atoms. The van der Waals surface area contributed by atoms with E-state index in [2.05, 4.69) is 59.2 Å². The molecule has 6 aromatic carbocycles. The largest absolute Gasteiger partial charge is 0.309 e. The van der Waals surface area contributed by atoms with Crippen molar-refractivity contribution in [3.05, 3.63) is 144 Å². The number of nitriles is 3. The second-order valence-electron chi connectivity index (χ2n) is 10.7. The van der Waals surface area contributed by atoms with Crippen molar-refractivity contribution in [1.29, 1.82) is 15.8 Å². The molecule has 0 unspecified atom stereocenters. The summed E-state index contributed by atoms with van der Waals surface area (Å²) in [6.45, 7) is 0. The molecule has 0 bridgehead atoms. The van der Waals surface area contributed by atoms with Crippen molar-refractivity contribution >= 4 is 43.6 Å². The highest BCUT2D eigenvalue weighted by Crippen LogP contribution is 2.40. The molecule has 5 heteroatoms. The molecular weight excluding hydrogens is 538 g/mol. The first-order valence-electron chi connectivity index (χ1n) is 14.2. The summed E-state index contributed by atoms with van der Waals surface area (Å²) in [4.78, 5) is 0. The lowest BCUT2D eigenvalue weighted by Crippen LogP contribution is -2.03. The minimum absolute atomic E-state index is 0.376. The zero-order valence-corrected chi connectivity index (χ0v) is 23.4. The summed E-state index contributed by atoms with van der Waals surface area (Å²) in [6.07, 6.45) is 0. The van der Waals surface area contributed by atoms with Crippen molar-refractivity contribution in [2.75, 3.05) is 0 Å². The maximum Gasteiger partial charge on any atom is 0.101 e. The molecule has 0 saturated heterocycles. The van der Waals surface area contributed by atoms with Crippen molar-refractivity contribution in [2.24, 2.45) is 0 Å². The second kappa shape index (κ2) is 9.74. The summed E-state index contributed by atoms with van der Waals surface area (Å²) in [5.74, 6) is 0. The molecule has 8 aromatic rings. The monoisotopic (exact) mass is 559 g/mol. The van der Waals surface area contributed by atoms with Crippen molar-refractivity contribution in [3.63, 3.8) is 0 Å². The highest BCUT2D eigenvalue weighted by molar-refractivity contribution is 6.11. The molecule has 0 aliphatic carbocycles. The van der Waals surface area contributed by atoms with E-state index in [0.29, 0.717) is 27.9 Å². The molecule has 2 heterocycles. The fourth-order valence-electron chi connectivity index (χ4n) is 6.58. The number of benzene rings is 6. The fraction of sp³-hybridized carbons (Fsp3) is 0. The number of aromatic nitrogens is 2. The molecule has 0 aliphatic heterocycles. The van der Waals surface area contributed by atoms with Crippen LogP contribution in [0.3, 0.4) is 0 Å². The fourth-order valence-corrected chi connectivity index (χ4v) is 6.58. The third-order valence-electron chi connectivity index (χ3n) is 8.41.